The van der Waals surface area contributed by atoms with Crippen molar-refractivity contribution in [1.29, 1.82) is 5.26 Å². The van der Waals surface area contributed by atoms with Crippen molar-refractivity contribution in [2.75, 3.05) is 5.32 Å². The maximum absolute atomic E-state index is 12.4. The predicted octanol–water partition coefficient (Wildman–Crippen LogP) is 7.14. The molecule has 0 saturated heterocycles. The summed E-state index contributed by atoms with van der Waals surface area (Å²) in [4.78, 5) is 20.7. The molecule has 1 amide bonds. The van der Waals surface area contributed by atoms with Crippen LogP contribution in [0.2, 0.25) is 0 Å². The lowest BCUT2D eigenvalue weighted by Crippen LogP contribution is -2.21. The molecule has 0 spiro atoms. The van der Waals surface area contributed by atoms with E-state index in [0.717, 1.165) is 59.8 Å². The molecule has 1 unspecified atom stereocenters. The van der Waals surface area contributed by atoms with Crippen molar-refractivity contribution in [3.05, 3.63) is 66.0 Å². The first kappa shape index (κ1) is 24.0. The maximum atomic E-state index is 12.4. The largest absolute Gasteiger partial charge is 0.446 e. The molecule has 2 fully saturated rings. The molecule has 2 aromatic heterocycles. The zero-order chi connectivity index (χ0) is 26.2. The number of nitriles is 1. The third kappa shape index (κ3) is 4.56. The van der Waals surface area contributed by atoms with Gasteiger partial charge in [0.2, 0.25) is 0 Å². The molecule has 0 bridgehead atoms. The normalized spacial score (nSPS) is 15.9. The lowest BCUT2D eigenvalue weighted by atomic mass is 9.91. The number of benzene rings is 2. The first-order chi connectivity index (χ1) is 18.5. The Morgan fingerprint density at radius 3 is 2.58 bits per heavy atom. The van der Waals surface area contributed by atoms with E-state index in [1.807, 2.05) is 50.2 Å². The quantitative estimate of drug-likeness (QED) is 0.285. The van der Waals surface area contributed by atoms with E-state index in [4.69, 9.17) is 9.47 Å². The molecule has 2 aromatic carbocycles. The molecule has 2 heterocycles. The van der Waals surface area contributed by atoms with E-state index < -0.39 is 6.09 Å². The van der Waals surface area contributed by atoms with Crippen molar-refractivity contribution in [3.63, 3.8) is 0 Å². The van der Waals surface area contributed by atoms with Gasteiger partial charge in [0, 0.05) is 41.1 Å². The summed E-state index contributed by atoms with van der Waals surface area (Å²) in [5.74, 6) is 1.10. The monoisotopic (exact) mass is 507 g/mol. The van der Waals surface area contributed by atoms with Crippen molar-refractivity contribution in [3.8, 4) is 29.1 Å². The van der Waals surface area contributed by atoms with Crippen LogP contribution in [0.15, 0.2) is 54.9 Å². The van der Waals surface area contributed by atoms with Crippen molar-refractivity contribution in [1.82, 2.24) is 14.5 Å². The fourth-order valence-corrected chi connectivity index (χ4v) is 5.18. The van der Waals surface area contributed by atoms with Gasteiger partial charge in [0.05, 0.1) is 16.8 Å². The Hall–Kier alpha value is -4.38. The van der Waals surface area contributed by atoms with Crippen molar-refractivity contribution in [2.45, 2.75) is 58.1 Å². The minimum absolute atomic E-state index is 0.0749. The van der Waals surface area contributed by atoms with Crippen molar-refractivity contribution >= 4 is 22.7 Å². The van der Waals surface area contributed by atoms with Crippen LogP contribution in [0.3, 0.4) is 0 Å². The van der Waals surface area contributed by atoms with Gasteiger partial charge in [-0.3, -0.25) is 5.32 Å². The van der Waals surface area contributed by atoms with Crippen LogP contribution in [0.4, 0.5) is 10.5 Å². The van der Waals surface area contributed by atoms with Crippen LogP contribution in [-0.4, -0.2) is 26.7 Å². The Morgan fingerprint density at radius 2 is 1.92 bits per heavy atom. The number of aryl methyl sites for hydroxylation is 1. The van der Waals surface area contributed by atoms with E-state index in [2.05, 4.69) is 25.9 Å². The predicted molar refractivity (Wildman–Crippen MR) is 144 cm³/mol. The van der Waals surface area contributed by atoms with Gasteiger partial charge in [-0.25, -0.2) is 14.8 Å². The van der Waals surface area contributed by atoms with E-state index in [0.29, 0.717) is 29.0 Å². The van der Waals surface area contributed by atoms with E-state index in [1.54, 1.807) is 18.5 Å². The number of carbonyl (C=O) groups excluding carboxylic acids is 1. The summed E-state index contributed by atoms with van der Waals surface area (Å²) in [6, 6.07) is 16.3. The molecular weight excluding hydrogens is 478 g/mol. The number of aromatic nitrogens is 3. The number of carbonyl (C=O) groups is 1. The molecule has 4 aromatic rings. The summed E-state index contributed by atoms with van der Waals surface area (Å²) >= 11 is 0. The third-order valence-electron chi connectivity index (χ3n) is 7.59. The molecule has 0 aliphatic heterocycles. The average molecular weight is 508 g/mol. The highest BCUT2D eigenvalue weighted by molar-refractivity contribution is 5.96. The number of nitrogens with one attached hydrogen (secondary N) is 1. The van der Waals surface area contributed by atoms with Crippen LogP contribution >= 0.6 is 0 Å². The highest BCUT2D eigenvalue weighted by Crippen LogP contribution is 2.44. The van der Waals surface area contributed by atoms with Crippen LogP contribution < -0.4 is 10.1 Å². The van der Waals surface area contributed by atoms with Gasteiger partial charge in [-0.15, -0.1) is 0 Å². The zero-order valence-electron chi connectivity index (χ0n) is 21.5. The summed E-state index contributed by atoms with van der Waals surface area (Å²) in [6.45, 7) is 3.95. The molecule has 192 valence electrons. The minimum Gasteiger partial charge on any atom is -0.446 e. The Morgan fingerprint density at radius 1 is 1.13 bits per heavy atom. The Labute approximate surface area is 221 Å². The number of hydrogen-bond donors (Lipinski definition) is 1. The molecule has 38 heavy (non-hydrogen) atoms. The lowest BCUT2D eigenvalue weighted by Gasteiger charge is -2.30. The summed E-state index contributed by atoms with van der Waals surface area (Å²) in [5.41, 5.74) is 5.08. The lowest BCUT2D eigenvalue weighted by molar-refractivity contribution is 0.108. The SMILES string of the molecule is Cc1cc(NC(=O)OC(C)C2CC2)ccc1-c1c(C#N)c2ccc(Oc3ncccn3)cc2n1C1CCC1. The molecular formula is C30H29N5O3. The smallest absolute Gasteiger partial charge is 0.411 e. The second-order valence-corrected chi connectivity index (χ2v) is 10.2. The molecule has 0 radical (unpaired) electrons. The van der Waals surface area contributed by atoms with Gasteiger partial charge in [0.15, 0.2) is 0 Å². The summed E-state index contributed by atoms with van der Waals surface area (Å²) in [5, 5.41) is 14.0. The second kappa shape index (κ2) is 9.82. The fraction of sp³-hybridized carbons (Fsp3) is 0.333. The molecule has 8 heteroatoms. The number of nitrogens with zero attached hydrogens (tertiary/aromatic N) is 4. The molecule has 1 atom stereocenters. The van der Waals surface area contributed by atoms with Crippen LogP contribution in [0.25, 0.3) is 22.2 Å². The molecule has 8 nitrogen and oxygen atoms in total. The van der Waals surface area contributed by atoms with Gasteiger partial charge < -0.3 is 14.0 Å². The Bertz CT molecular complexity index is 1550. The molecule has 2 saturated carbocycles. The molecule has 2 aliphatic carbocycles. The van der Waals surface area contributed by atoms with Crippen LogP contribution in [0.1, 0.15) is 56.2 Å². The third-order valence-corrected chi connectivity index (χ3v) is 7.59. The molecule has 2 aliphatic rings. The van der Waals surface area contributed by atoms with Gasteiger partial charge >= 0.3 is 12.1 Å². The number of ether oxygens (including phenoxy) is 2. The highest BCUT2D eigenvalue weighted by Gasteiger charge is 2.31. The maximum Gasteiger partial charge on any atom is 0.411 e. The van der Waals surface area contributed by atoms with Crippen LogP contribution in [0.5, 0.6) is 11.8 Å². The van der Waals surface area contributed by atoms with Gasteiger partial charge in [-0.1, -0.05) is 6.07 Å². The standard InChI is InChI=1S/C30H29N5O3/c1-18-15-21(34-30(36)37-19(2)20-7-8-20)9-11-24(18)28-26(17-31)25-12-10-23(38-29-32-13-4-14-33-29)16-27(25)35(28)22-5-3-6-22/h4,9-16,19-20,22H,3,5-8H2,1-2H3,(H,34,36). The first-order valence-electron chi connectivity index (χ1n) is 13.1. The van der Waals surface area contributed by atoms with Crippen LogP contribution in [0, 0.1) is 24.2 Å². The topological polar surface area (TPSA) is 102 Å². The number of hydrogen-bond acceptors (Lipinski definition) is 6. The molecule has 6 rings (SSSR count). The van der Waals surface area contributed by atoms with Crippen molar-refractivity contribution in [2.24, 2.45) is 5.92 Å². The Kier molecular flexibility index (Phi) is 6.20. The van der Waals surface area contributed by atoms with Crippen molar-refractivity contribution < 1.29 is 14.3 Å². The summed E-state index contributed by atoms with van der Waals surface area (Å²) in [6.07, 6.45) is 8.26. The van der Waals surface area contributed by atoms with Gasteiger partial charge in [0.1, 0.15) is 17.9 Å². The molecule has 1 N–H and O–H groups in total. The van der Waals surface area contributed by atoms with Gasteiger partial charge in [0.25, 0.3) is 0 Å². The highest BCUT2D eigenvalue weighted by atomic mass is 16.6. The van der Waals surface area contributed by atoms with Gasteiger partial charge in [-0.2, -0.15) is 5.26 Å². The zero-order valence-corrected chi connectivity index (χ0v) is 21.5. The second-order valence-electron chi connectivity index (χ2n) is 10.2. The number of rotatable bonds is 7. The first-order valence-corrected chi connectivity index (χ1v) is 13.1. The number of fused-ring (bicyclic) bond motifs is 1. The number of amides is 1. The van der Waals surface area contributed by atoms with Crippen LogP contribution in [-0.2, 0) is 4.74 Å². The summed E-state index contributed by atoms with van der Waals surface area (Å²) in [7, 11) is 0. The fourth-order valence-electron chi connectivity index (χ4n) is 5.18. The number of anilines is 1. The van der Waals surface area contributed by atoms with E-state index in [9.17, 15) is 10.1 Å². The van der Waals surface area contributed by atoms with E-state index in [1.165, 1.54) is 0 Å². The van der Waals surface area contributed by atoms with E-state index >= 15 is 0 Å². The Balaban J connectivity index is 1.37. The minimum atomic E-state index is -0.437. The average Bonchev–Trinajstić information content (AvgIpc) is 3.68. The van der Waals surface area contributed by atoms with Gasteiger partial charge in [-0.05, 0) is 87.8 Å². The summed E-state index contributed by atoms with van der Waals surface area (Å²) < 4.78 is 13.7. The van der Waals surface area contributed by atoms with E-state index in [-0.39, 0.29) is 12.1 Å².